The van der Waals surface area contributed by atoms with Crippen LogP contribution in [0.1, 0.15) is 83.8 Å². The van der Waals surface area contributed by atoms with Crippen molar-refractivity contribution in [1.29, 1.82) is 0 Å². The maximum absolute atomic E-state index is 13.4. The van der Waals surface area contributed by atoms with Crippen molar-refractivity contribution in [1.82, 2.24) is 0 Å². The first-order valence-electron chi connectivity index (χ1n) is 15.9. The summed E-state index contributed by atoms with van der Waals surface area (Å²) in [5.74, 6) is 0.372. The summed E-state index contributed by atoms with van der Waals surface area (Å²) < 4.78 is 27.7. The van der Waals surface area contributed by atoms with E-state index in [2.05, 4.69) is 88.4 Å². The monoisotopic (exact) mass is 558 g/mol. The summed E-state index contributed by atoms with van der Waals surface area (Å²) >= 11 is 0. The third kappa shape index (κ3) is 4.37. The molecule has 220 valence electrons. The SMILES string of the molecule is CC1(C)O[C@@H]2C3C[C@H](OCc4ccccc4)CC[C@]3(C)[C@@]3(OCc4ccccc4)CC[C@]4(C)C(=O)CCC4C3[C@H]2O1. The second kappa shape index (κ2) is 10.0. The smallest absolute Gasteiger partial charge is 0.163 e. The number of Topliss-reactive ketones (excluding diaryl/α,β-unsaturated/α-hetero) is 1. The van der Waals surface area contributed by atoms with Gasteiger partial charge in [-0.15, -0.1) is 0 Å². The number of rotatable bonds is 6. The van der Waals surface area contributed by atoms with Gasteiger partial charge in [0.2, 0.25) is 0 Å². The number of ketones is 1. The third-order valence-electron chi connectivity index (χ3n) is 12.0. The van der Waals surface area contributed by atoms with Crippen LogP contribution in [0, 0.1) is 28.6 Å². The fourth-order valence-electron chi connectivity index (χ4n) is 9.89. The van der Waals surface area contributed by atoms with Gasteiger partial charge in [-0.2, -0.15) is 0 Å². The molecule has 0 amide bonds. The number of ether oxygens (including phenoxy) is 4. The summed E-state index contributed by atoms with van der Waals surface area (Å²) in [5.41, 5.74) is 1.60. The molecule has 0 spiro atoms. The summed E-state index contributed by atoms with van der Waals surface area (Å²) in [7, 11) is 0. The van der Waals surface area contributed by atoms with Crippen molar-refractivity contribution in [3.8, 4) is 0 Å². The Balaban J connectivity index is 1.27. The maximum atomic E-state index is 13.4. The van der Waals surface area contributed by atoms with E-state index in [1.165, 1.54) is 11.1 Å². The number of carbonyl (C=O) groups excluding carboxylic acids is 1. The molecule has 1 saturated heterocycles. The fraction of sp³-hybridized carbons (Fsp3) is 0.639. The Bertz CT molecular complexity index is 1260. The minimum absolute atomic E-state index is 0.0328. The zero-order chi connectivity index (χ0) is 28.5. The fourth-order valence-corrected chi connectivity index (χ4v) is 9.89. The minimum Gasteiger partial charge on any atom is -0.374 e. The molecule has 5 heteroatoms. The van der Waals surface area contributed by atoms with E-state index < -0.39 is 11.4 Å². The lowest BCUT2D eigenvalue weighted by Crippen LogP contribution is -2.73. The minimum atomic E-state index is -0.667. The molecule has 7 rings (SSSR count). The van der Waals surface area contributed by atoms with Gasteiger partial charge < -0.3 is 18.9 Å². The van der Waals surface area contributed by atoms with Gasteiger partial charge >= 0.3 is 0 Å². The molecule has 5 aliphatic rings. The molecule has 0 bridgehead atoms. The van der Waals surface area contributed by atoms with Crippen LogP contribution in [0.3, 0.4) is 0 Å². The van der Waals surface area contributed by atoms with Crippen molar-refractivity contribution in [2.75, 3.05) is 0 Å². The molecule has 1 heterocycles. The van der Waals surface area contributed by atoms with Crippen molar-refractivity contribution in [3.63, 3.8) is 0 Å². The Labute approximate surface area is 245 Å². The lowest BCUT2D eigenvalue weighted by molar-refractivity contribution is -0.298. The summed E-state index contributed by atoms with van der Waals surface area (Å²) in [4.78, 5) is 13.4. The standard InChI is InChI=1S/C36H46O5/c1-33(2)40-31-28-21-26(38-22-24-11-7-5-8-12-24)17-18-35(28,4)36(39-23-25-13-9-6-10-14-25)20-19-34(3)27(15-16-29(34)37)30(36)32(31)41-33/h5-14,26-28,30-32H,15-23H2,1-4H3/t26-,27?,28?,30?,31-,32-,34+,35+,36-/m1/s1. The first-order valence-corrected chi connectivity index (χ1v) is 15.9. The molecule has 4 saturated carbocycles. The van der Waals surface area contributed by atoms with Gasteiger partial charge in [-0.1, -0.05) is 74.5 Å². The van der Waals surface area contributed by atoms with Crippen molar-refractivity contribution in [2.45, 2.75) is 116 Å². The van der Waals surface area contributed by atoms with Crippen molar-refractivity contribution in [3.05, 3.63) is 71.8 Å². The number of hydrogen-bond acceptors (Lipinski definition) is 5. The Kier molecular flexibility index (Phi) is 6.78. The highest BCUT2D eigenvalue weighted by Gasteiger charge is 2.75. The van der Waals surface area contributed by atoms with E-state index in [0.29, 0.717) is 25.4 Å². The molecular weight excluding hydrogens is 512 g/mol. The highest BCUT2D eigenvalue weighted by Crippen LogP contribution is 2.70. The van der Waals surface area contributed by atoms with Crippen LogP contribution < -0.4 is 0 Å². The van der Waals surface area contributed by atoms with Crippen LogP contribution in [0.15, 0.2) is 60.7 Å². The van der Waals surface area contributed by atoms with E-state index in [9.17, 15) is 4.79 Å². The van der Waals surface area contributed by atoms with E-state index in [0.717, 1.165) is 38.5 Å². The van der Waals surface area contributed by atoms with Gasteiger partial charge in [0.1, 0.15) is 5.78 Å². The molecule has 2 aromatic rings. The molecule has 41 heavy (non-hydrogen) atoms. The summed E-state index contributed by atoms with van der Waals surface area (Å²) in [6.45, 7) is 10.0. The highest BCUT2D eigenvalue weighted by atomic mass is 16.8. The Morgan fingerprint density at radius 3 is 2.15 bits per heavy atom. The Morgan fingerprint density at radius 1 is 0.780 bits per heavy atom. The average Bonchev–Trinajstić information content (AvgIpc) is 3.46. The van der Waals surface area contributed by atoms with Crippen molar-refractivity contribution >= 4 is 5.78 Å². The first-order chi connectivity index (χ1) is 19.7. The number of benzene rings is 2. The lowest BCUT2D eigenvalue weighted by atomic mass is 9.41. The van der Waals surface area contributed by atoms with E-state index in [1.54, 1.807) is 0 Å². The molecule has 4 aliphatic carbocycles. The Morgan fingerprint density at radius 2 is 1.44 bits per heavy atom. The largest absolute Gasteiger partial charge is 0.374 e. The molecule has 3 unspecified atom stereocenters. The zero-order valence-corrected chi connectivity index (χ0v) is 25.1. The van der Waals surface area contributed by atoms with Gasteiger partial charge in [0, 0.05) is 23.2 Å². The zero-order valence-electron chi connectivity index (χ0n) is 25.1. The van der Waals surface area contributed by atoms with Crippen LogP contribution in [0.25, 0.3) is 0 Å². The van der Waals surface area contributed by atoms with Crippen LogP contribution in [0.4, 0.5) is 0 Å². The molecule has 2 aromatic carbocycles. The van der Waals surface area contributed by atoms with Gasteiger partial charge in [0.25, 0.3) is 0 Å². The predicted molar refractivity (Wildman–Crippen MR) is 157 cm³/mol. The molecular formula is C36H46O5. The van der Waals surface area contributed by atoms with E-state index in [1.807, 2.05) is 0 Å². The topological polar surface area (TPSA) is 54.0 Å². The summed E-state index contributed by atoms with van der Waals surface area (Å²) in [6, 6.07) is 21.0. The van der Waals surface area contributed by atoms with E-state index in [-0.39, 0.29) is 46.9 Å². The van der Waals surface area contributed by atoms with Crippen LogP contribution in [0.2, 0.25) is 0 Å². The highest BCUT2D eigenvalue weighted by molar-refractivity contribution is 5.87. The van der Waals surface area contributed by atoms with Crippen LogP contribution in [-0.2, 0) is 37.0 Å². The molecule has 9 atom stereocenters. The third-order valence-corrected chi connectivity index (χ3v) is 12.0. The van der Waals surface area contributed by atoms with Gasteiger partial charge in [0.05, 0.1) is 37.1 Å². The molecule has 0 radical (unpaired) electrons. The normalized spacial score (nSPS) is 42.7. The number of hydrogen-bond donors (Lipinski definition) is 0. The van der Waals surface area contributed by atoms with E-state index in [4.69, 9.17) is 18.9 Å². The second-order valence-electron chi connectivity index (χ2n) is 14.5. The van der Waals surface area contributed by atoms with E-state index >= 15 is 0 Å². The maximum Gasteiger partial charge on any atom is 0.163 e. The summed E-state index contributed by atoms with van der Waals surface area (Å²) in [6.07, 6.45) is 6.38. The lowest BCUT2D eigenvalue weighted by Gasteiger charge is -2.68. The first kappa shape index (κ1) is 27.8. The van der Waals surface area contributed by atoms with Crippen LogP contribution >= 0.6 is 0 Å². The van der Waals surface area contributed by atoms with Crippen molar-refractivity contribution < 1.29 is 23.7 Å². The van der Waals surface area contributed by atoms with Gasteiger partial charge in [-0.05, 0) is 75.3 Å². The number of fused-ring (bicyclic) bond motifs is 8. The second-order valence-corrected chi connectivity index (χ2v) is 14.5. The van der Waals surface area contributed by atoms with Gasteiger partial charge in [-0.25, -0.2) is 0 Å². The molecule has 0 N–H and O–H groups in total. The average molecular weight is 559 g/mol. The van der Waals surface area contributed by atoms with Gasteiger partial charge in [0.15, 0.2) is 5.79 Å². The number of carbonyl (C=O) groups is 1. The summed E-state index contributed by atoms with van der Waals surface area (Å²) in [5, 5.41) is 0. The molecule has 5 nitrogen and oxygen atoms in total. The Hall–Kier alpha value is -2.05. The van der Waals surface area contributed by atoms with Crippen LogP contribution in [-0.4, -0.2) is 35.5 Å². The predicted octanol–water partition coefficient (Wildman–Crippen LogP) is 7.26. The molecule has 1 aliphatic heterocycles. The van der Waals surface area contributed by atoms with Crippen LogP contribution in [0.5, 0.6) is 0 Å². The molecule has 5 fully saturated rings. The molecule has 0 aromatic heterocycles. The quantitative estimate of drug-likeness (QED) is 0.373. The van der Waals surface area contributed by atoms with Gasteiger partial charge in [-0.3, -0.25) is 4.79 Å². The van der Waals surface area contributed by atoms with Crippen molar-refractivity contribution in [2.24, 2.45) is 28.6 Å².